The fourth-order valence-corrected chi connectivity index (χ4v) is 2.90. The molecule has 4 heteroatoms. The van der Waals surface area contributed by atoms with Gasteiger partial charge in [-0.3, -0.25) is 0 Å². The van der Waals surface area contributed by atoms with Crippen LogP contribution in [0.15, 0.2) is 46.9 Å². The highest BCUT2D eigenvalue weighted by molar-refractivity contribution is 9.10. The van der Waals surface area contributed by atoms with Crippen LogP contribution in [0.3, 0.4) is 0 Å². The van der Waals surface area contributed by atoms with Gasteiger partial charge in [0.15, 0.2) is 5.82 Å². The van der Waals surface area contributed by atoms with Crippen molar-refractivity contribution in [2.24, 2.45) is 0 Å². The van der Waals surface area contributed by atoms with Gasteiger partial charge in [-0.05, 0) is 34.5 Å². The second kappa shape index (κ2) is 4.91. The molecular formula is C15H10BrClN2. The predicted molar refractivity (Wildman–Crippen MR) is 82.4 cm³/mol. The van der Waals surface area contributed by atoms with Gasteiger partial charge in [0.1, 0.15) is 5.15 Å². The van der Waals surface area contributed by atoms with Crippen molar-refractivity contribution in [3.8, 4) is 11.4 Å². The van der Waals surface area contributed by atoms with Crippen LogP contribution in [-0.2, 0) is 0 Å². The topological polar surface area (TPSA) is 25.8 Å². The van der Waals surface area contributed by atoms with Gasteiger partial charge >= 0.3 is 0 Å². The molecule has 0 aliphatic rings. The molecule has 0 saturated carbocycles. The number of benzene rings is 2. The predicted octanol–water partition coefficient (Wildman–Crippen LogP) is 5.02. The van der Waals surface area contributed by atoms with E-state index in [2.05, 4.69) is 25.9 Å². The van der Waals surface area contributed by atoms with Gasteiger partial charge in [0.25, 0.3) is 0 Å². The van der Waals surface area contributed by atoms with Crippen molar-refractivity contribution in [1.82, 2.24) is 9.97 Å². The highest BCUT2D eigenvalue weighted by Gasteiger charge is 2.12. The first kappa shape index (κ1) is 12.6. The second-order valence-corrected chi connectivity index (χ2v) is 5.50. The van der Waals surface area contributed by atoms with Crippen LogP contribution in [0.4, 0.5) is 0 Å². The minimum absolute atomic E-state index is 0.472. The first-order chi connectivity index (χ1) is 9.16. The molecule has 0 atom stereocenters. The number of rotatable bonds is 1. The van der Waals surface area contributed by atoms with Crippen LogP contribution < -0.4 is 0 Å². The first-order valence-electron chi connectivity index (χ1n) is 5.84. The van der Waals surface area contributed by atoms with E-state index < -0.39 is 0 Å². The SMILES string of the molecule is Cc1ccc(Br)c2c(Cl)nc(-c3ccccc3)nc12. The van der Waals surface area contributed by atoms with E-state index in [1.165, 1.54) is 0 Å². The summed E-state index contributed by atoms with van der Waals surface area (Å²) >= 11 is 9.81. The molecule has 3 aromatic rings. The van der Waals surface area contributed by atoms with Crippen LogP contribution in [0, 0.1) is 6.92 Å². The molecule has 1 aromatic heterocycles. The zero-order valence-electron chi connectivity index (χ0n) is 10.2. The van der Waals surface area contributed by atoms with E-state index in [1.807, 2.05) is 49.4 Å². The number of fused-ring (bicyclic) bond motifs is 1. The van der Waals surface area contributed by atoms with Crippen molar-refractivity contribution in [1.29, 1.82) is 0 Å². The monoisotopic (exact) mass is 332 g/mol. The van der Waals surface area contributed by atoms with Crippen molar-refractivity contribution < 1.29 is 0 Å². The average molecular weight is 334 g/mol. The van der Waals surface area contributed by atoms with E-state index in [0.29, 0.717) is 11.0 Å². The molecule has 0 amide bonds. The molecule has 0 N–H and O–H groups in total. The molecule has 0 unspecified atom stereocenters. The minimum atomic E-state index is 0.472. The standard InChI is InChI=1S/C15H10BrClN2/c1-9-7-8-11(16)12-13(9)18-15(19-14(12)17)10-5-3-2-4-6-10/h2-8H,1H3. The Morgan fingerprint density at radius 2 is 1.74 bits per heavy atom. The molecule has 0 radical (unpaired) electrons. The van der Waals surface area contributed by atoms with E-state index in [0.717, 1.165) is 26.5 Å². The molecule has 2 aromatic carbocycles. The van der Waals surface area contributed by atoms with Gasteiger partial charge in [-0.2, -0.15) is 0 Å². The zero-order chi connectivity index (χ0) is 13.4. The Morgan fingerprint density at radius 3 is 2.47 bits per heavy atom. The number of halogens is 2. The summed E-state index contributed by atoms with van der Waals surface area (Å²) in [6.45, 7) is 2.02. The fraction of sp³-hybridized carbons (Fsp3) is 0.0667. The summed E-state index contributed by atoms with van der Waals surface area (Å²) in [5.74, 6) is 0.652. The van der Waals surface area contributed by atoms with Crippen molar-refractivity contribution in [2.75, 3.05) is 0 Å². The van der Waals surface area contributed by atoms with Gasteiger partial charge in [-0.15, -0.1) is 0 Å². The number of aromatic nitrogens is 2. The average Bonchev–Trinajstić information content (AvgIpc) is 2.43. The Hall–Kier alpha value is -1.45. The third-order valence-electron chi connectivity index (χ3n) is 2.99. The molecule has 0 saturated heterocycles. The lowest BCUT2D eigenvalue weighted by atomic mass is 10.1. The summed E-state index contributed by atoms with van der Waals surface area (Å²) in [6, 6.07) is 13.8. The summed E-state index contributed by atoms with van der Waals surface area (Å²) in [4.78, 5) is 9.04. The van der Waals surface area contributed by atoms with Crippen LogP contribution in [0.2, 0.25) is 5.15 Å². The number of hydrogen-bond donors (Lipinski definition) is 0. The molecule has 0 aliphatic heterocycles. The molecule has 0 bridgehead atoms. The smallest absolute Gasteiger partial charge is 0.161 e. The second-order valence-electron chi connectivity index (χ2n) is 4.29. The summed E-state index contributed by atoms with van der Waals surface area (Å²) in [5.41, 5.74) is 2.93. The van der Waals surface area contributed by atoms with E-state index in [-0.39, 0.29) is 0 Å². The van der Waals surface area contributed by atoms with Crippen molar-refractivity contribution >= 4 is 38.4 Å². The maximum atomic E-state index is 6.31. The van der Waals surface area contributed by atoms with E-state index in [1.54, 1.807) is 0 Å². The molecule has 94 valence electrons. The van der Waals surface area contributed by atoms with E-state index >= 15 is 0 Å². The summed E-state index contributed by atoms with van der Waals surface area (Å²) in [6.07, 6.45) is 0. The minimum Gasteiger partial charge on any atom is -0.228 e. The molecule has 0 fully saturated rings. The molecule has 0 aliphatic carbocycles. The number of aryl methyl sites for hydroxylation is 1. The van der Waals surface area contributed by atoms with Crippen molar-refractivity contribution in [2.45, 2.75) is 6.92 Å². The lowest BCUT2D eigenvalue weighted by Crippen LogP contribution is -1.94. The third kappa shape index (κ3) is 2.24. The highest BCUT2D eigenvalue weighted by Crippen LogP contribution is 2.32. The van der Waals surface area contributed by atoms with Crippen LogP contribution in [0.1, 0.15) is 5.56 Å². The molecule has 19 heavy (non-hydrogen) atoms. The van der Waals surface area contributed by atoms with Crippen LogP contribution in [-0.4, -0.2) is 9.97 Å². The van der Waals surface area contributed by atoms with Gasteiger partial charge in [-0.1, -0.05) is 48.0 Å². The Labute approximate surface area is 124 Å². The number of nitrogens with zero attached hydrogens (tertiary/aromatic N) is 2. The van der Waals surface area contributed by atoms with E-state index in [9.17, 15) is 0 Å². The highest BCUT2D eigenvalue weighted by atomic mass is 79.9. The fourth-order valence-electron chi connectivity index (χ4n) is 2.01. The lowest BCUT2D eigenvalue weighted by Gasteiger charge is -2.08. The Morgan fingerprint density at radius 1 is 1.00 bits per heavy atom. The summed E-state index contributed by atoms with van der Waals surface area (Å²) < 4.78 is 0.915. The quantitative estimate of drug-likeness (QED) is 0.584. The van der Waals surface area contributed by atoms with Gasteiger partial charge in [0, 0.05) is 10.0 Å². The molecular weight excluding hydrogens is 324 g/mol. The lowest BCUT2D eigenvalue weighted by molar-refractivity contribution is 1.21. The normalized spacial score (nSPS) is 10.9. The first-order valence-corrected chi connectivity index (χ1v) is 7.01. The van der Waals surface area contributed by atoms with Crippen LogP contribution >= 0.6 is 27.5 Å². The molecule has 2 nitrogen and oxygen atoms in total. The van der Waals surface area contributed by atoms with Gasteiger partial charge < -0.3 is 0 Å². The van der Waals surface area contributed by atoms with Crippen molar-refractivity contribution in [3.05, 3.63) is 57.7 Å². The Bertz CT molecular complexity index is 757. The van der Waals surface area contributed by atoms with Gasteiger partial charge in [0.05, 0.1) is 10.9 Å². The zero-order valence-corrected chi connectivity index (χ0v) is 12.5. The van der Waals surface area contributed by atoms with Gasteiger partial charge in [0.2, 0.25) is 0 Å². The maximum Gasteiger partial charge on any atom is 0.161 e. The summed E-state index contributed by atoms with van der Waals surface area (Å²) in [7, 11) is 0. The number of hydrogen-bond acceptors (Lipinski definition) is 2. The molecule has 3 rings (SSSR count). The van der Waals surface area contributed by atoms with E-state index in [4.69, 9.17) is 11.6 Å². The van der Waals surface area contributed by atoms with Crippen molar-refractivity contribution in [3.63, 3.8) is 0 Å². The van der Waals surface area contributed by atoms with Crippen LogP contribution in [0.25, 0.3) is 22.3 Å². The molecule has 1 heterocycles. The Balaban J connectivity index is 2.34. The third-order valence-corrected chi connectivity index (χ3v) is 3.92. The largest absolute Gasteiger partial charge is 0.228 e. The van der Waals surface area contributed by atoms with Gasteiger partial charge in [-0.25, -0.2) is 9.97 Å². The Kier molecular flexibility index (Phi) is 3.25. The molecule has 0 spiro atoms. The summed E-state index contributed by atoms with van der Waals surface area (Å²) in [5, 5.41) is 1.33. The maximum absolute atomic E-state index is 6.31. The van der Waals surface area contributed by atoms with Crippen LogP contribution in [0.5, 0.6) is 0 Å².